The summed E-state index contributed by atoms with van der Waals surface area (Å²) in [7, 11) is 0. The van der Waals surface area contributed by atoms with Gasteiger partial charge < -0.3 is 0 Å². The first-order chi connectivity index (χ1) is 8.97. The Morgan fingerprint density at radius 2 is 1.95 bits per heavy atom. The zero-order valence-electron chi connectivity index (χ0n) is 9.63. The number of hydrogen-bond acceptors (Lipinski definition) is 2. The number of aromatic nitrogens is 3. The van der Waals surface area contributed by atoms with Crippen molar-refractivity contribution in [3.63, 3.8) is 0 Å². The van der Waals surface area contributed by atoms with Gasteiger partial charge in [0.25, 0.3) is 0 Å². The van der Waals surface area contributed by atoms with Crippen LogP contribution in [0.3, 0.4) is 0 Å². The Bertz CT molecular complexity index is 614. The number of H-pyrrole nitrogens is 1. The quantitative estimate of drug-likeness (QED) is 0.849. The van der Waals surface area contributed by atoms with E-state index in [0.29, 0.717) is 11.9 Å². The Morgan fingerprint density at radius 3 is 2.58 bits per heavy atom. The third kappa shape index (κ3) is 2.20. The highest BCUT2D eigenvalue weighted by atomic mass is 19.4. The van der Waals surface area contributed by atoms with Crippen LogP contribution in [0.2, 0.25) is 0 Å². The molecule has 0 radical (unpaired) electrons. The summed E-state index contributed by atoms with van der Waals surface area (Å²) in [5.41, 5.74) is -1.54. The van der Waals surface area contributed by atoms with Gasteiger partial charge in [0.15, 0.2) is 5.82 Å². The van der Waals surface area contributed by atoms with Crippen LogP contribution in [0.5, 0.6) is 0 Å². The minimum absolute atomic E-state index is 0.0366. The lowest BCUT2D eigenvalue weighted by atomic mass is 10.1. The van der Waals surface area contributed by atoms with E-state index in [0.717, 1.165) is 18.9 Å². The fourth-order valence-corrected chi connectivity index (χ4v) is 1.86. The number of halogens is 4. The minimum Gasteiger partial charge on any atom is -0.262 e. The third-order valence-electron chi connectivity index (χ3n) is 3.01. The molecular formula is C12H9F4N3. The number of benzene rings is 1. The van der Waals surface area contributed by atoms with Crippen LogP contribution in [0.4, 0.5) is 17.6 Å². The first-order valence-corrected chi connectivity index (χ1v) is 5.75. The van der Waals surface area contributed by atoms with Crippen LogP contribution in [0.1, 0.15) is 30.1 Å². The van der Waals surface area contributed by atoms with Gasteiger partial charge in [-0.05, 0) is 25.0 Å². The number of nitrogens with one attached hydrogen (secondary N) is 1. The molecule has 19 heavy (non-hydrogen) atoms. The van der Waals surface area contributed by atoms with E-state index in [9.17, 15) is 17.6 Å². The lowest BCUT2D eigenvalue weighted by Crippen LogP contribution is -2.09. The molecule has 1 aromatic heterocycles. The molecule has 1 heterocycles. The molecule has 0 saturated heterocycles. The molecule has 0 unspecified atom stereocenters. The molecule has 0 bridgehead atoms. The minimum atomic E-state index is -4.73. The van der Waals surface area contributed by atoms with Crippen LogP contribution < -0.4 is 0 Å². The van der Waals surface area contributed by atoms with Crippen molar-refractivity contribution in [2.75, 3.05) is 0 Å². The molecule has 0 amide bonds. The van der Waals surface area contributed by atoms with Gasteiger partial charge in [0.05, 0.1) is 11.1 Å². The van der Waals surface area contributed by atoms with E-state index in [1.54, 1.807) is 0 Å². The fraction of sp³-hybridized carbons (Fsp3) is 0.333. The van der Waals surface area contributed by atoms with Crippen molar-refractivity contribution in [3.8, 4) is 11.4 Å². The first kappa shape index (κ1) is 12.1. The lowest BCUT2D eigenvalue weighted by molar-refractivity contribution is -0.139. The number of nitrogens with zero attached hydrogens (tertiary/aromatic N) is 2. The molecule has 1 N–H and O–H groups in total. The molecule has 0 aliphatic heterocycles. The van der Waals surface area contributed by atoms with Gasteiger partial charge >= 0.3 is 6.18 Å². The molecule has 1 saturated carbocycles. The zero-order valence-corrected chi connectivity index (χ0v) is 9.63. The fourth-order valence-electron chi connectivity index (χ4n) is 1.86. The van der Waals surface area contributed by atoms with E-state index >= 15 is 0 Å². The Balaban J connectivity index is 2.04. The smallest absolute Gasteiger partial charge is 0.262 e. The Kier molecular flexibility index (Phi) is 2.58. The van der Waals surface area contributed by atoms with E-state index in [1.807, 2.05) is 0 Å². The second-order valence-corrected chi connectivity index (χ2v) is 4.48. The second-order valence-electron chi connectivity index (χ2n) is 4.48. The maximum atomic E-state index is 13.9. The van der Waals surface area contributed by atoms with Crippen molar-refractivity contribution in [3.05, 3.63) is 35.4 Å². The van der Waals surface area contributed by atoms with Crippen LogP contribution >= 0.6 is 0 Å². The van der Waals surface area contributed by atoms with Crippen molar-refractivity contribution in [1.29, 1.82) is 0 Å². The number of alkyl halides is 3. The zero-order chi connectivity index (χ0) is 13.6. The molecule has 1 fully saturated rings. The van der Waals surface area contributed by atoms with Gasteiger partial charge in [0, 0.05) is 5.92 Å². The summed E-state index contributed by atoms with van der Waals surface area (Å²) >= 11 is 0. The average molecular weight is 271 g/mol. The molecule has 1 aromatic carbocycles. The topological polar surface area (TPSA) is 41.6 Å². The van der Waals surface area contributed by atoms with E-state index in [4.69, 9.17) is 0 Å². The van der Waals surface area contributed by atoms with Gasteiger partial charge in [-0.2, -0.15) is 18.3 Å². The Hall–Kier alpha value is -1.92. The molecule has 1 aliphatic rings. The van der Waals surface area contributed by atoms with Gasteiger partial charge in [0.2, 0.25) is 0 Å². The van der Waals surface area contributed by atoms with Crippen LogP contribution in [0.15, 0.2) is 18.2 Å². The van der Waals surface area contributed by atoms with Crippen molar-refractivity contribution in [2.24, 2.45) is 0 Å². The van der Waals surface area contributed by atoms with Crippen molar-refractivity contribution >= 4 is 0 Å². The summed E-state index contributed by atoms with van der Waals surface area (Å²) in [6.45, 7) is 0. The number of aromatic amines is 1. The van der Waals surface area contributed by atoms with Crippen LogP contribution in [-0.2, 0) is 6.18 Å². The normalized spacial score (nSPS) is 15.8. The van der Waals surface area contributed by atoms with Crippen molar-refractivity contribution in [1.82, 2.24) is 15.2 Å². The highest BCUT2D eigenvalue weighted by Gasteiger charge is 2.35. The second kappa shape index (κ2) is 4.04. The van der Waals surface area contributed by atoms with Gasteiger partial charge in [-0.3, -0.25) is 5.10 Å². The van der Waals surface area contributed by atoms with Crippen LogP contribution in [0, 0.1) is 5.82 Å². The molecule has 0 spiro atoms. The molecule has 0 atom stereocenters. The molecule has 1 aliphatic carbocycles. The average Bonchev–Trinajstić information content (AvgIpc) is 3.07. The maximum absolute atomic E-state index is 13.9. The molecule has 2 aromatic rings. The van der Waals surface area contributed by atoms with Crippen molar-refractivity contribution in [2.45, 2.75) is 24.9 Å². The first-order valence-electron chi connectivity index (χ1n) is 5.75. The highest BCUT2D eigenvalue weighted by Crippen LogP contribution is 2.39. The standard InChI is InChI=1S/C12H9F4N3/c13-9-7(2-1-3-8(9)12(14,15)16)11-17-10(18-19-11)6-4-5-6/h1-3,6H,4-5H2,(H,17,18,19). The Labute approximate surface area is 105 Å². The van der Waals surface area contributed by atoms with E-state index < -0.39 is 17.6 Å². The number of hydrogen-bond donors (Lipinski definition) is 1. The summed E-state index contributed by atoms with van der Waals surface area (Å²) in [6.07, 6.45) is -2.78. The summed E-state index contributed by atoms with van der Waals surface area (Å²) in [5, 5.41) is 6.43. The van der Waals surface area contributed by atoms with E-state index in [-0.39, 0.29) is 17.3 Å². The van der Waals surface area contributed by atoms with Crippen LogP contribution in [0.25, 0.3) is 11.4 Å². The lowest BCUT2D eigenvalue weighted by Gasteiger charge is -2.09. The third-order valence-corrected chi connectivity index (χ3v) is 3.01. The summed E-state index contributed by atoms with van der Waals surface area (Å²) < 4.78 is 51.7. The predicted octanol–water partition coefficient (Wildman–Crippen LogP) is 3.51. The molecule has 3 nitrogen and oxygen atoms in total. The molecule has 100 valence electrons. The van der Waals surface area contributed by atoms with Crippen LogP contribution in [-0.4, -0.2) is 15.2 Å². The van der Waals surface area contributed by atoms with E-state index in [1.165, 1.54) is 6.07 Å². The number of rotatable bonds is 2. The van der Waals surface area contributed by atoms with Crippen molar-refractivity contribution < 1.29 is 17.6 Å². The van der Waals surface area contributed by atoms with Gasteiger partial charge in [0.1, 0.15) is 11.6 Å². The maximum Gasteiger partial charge on any atom is 0.419 e. The summed E-state index contributed by atoms with van der Waals surface area (Å²) in [4.78, 5) is 4.05. The summed E-state index contributed by atoms with van der Waals surface area (Å²) in [6, 6.07) is 3.09. The monoisotopic (exact) mass is 271 g/mol. The van der Waals surface area contributed by atoms with Gasteiger partial charge in [-0.25, -0.2) is 9.37 Å². The SMILES string of the molecule is Fc1c(-c2n[nH]c(C3CC3)n2)cccc1C(F)(F)F. The Morgan fingerprint density at radius 1 is 1.21 bits per heavy atom. The van der Waals surface area contributed by atoms with Gasteiger partial charge in [-0.1, -0.05) is 6.07 Å². The molecule has 3 rings (SSSR count). The predicted molar refractivity (Wildman–Crippen MR) is 58.8 cm³/mol. The molecule has 7 heteroatoms. The van der Waals surface area contributed by atoms with E-state index in [2.05, 4.69) is 15.2 Å². The molecular weight excluding hydrogens is 262 g/mol. The summed E-state index contributed by atoms with van der Waals surface area (Å²) in [5.74, 6) is -0.497. The van der Waals surface area contributed by atoms with Gasteiger partial charge in [-0.15, -0.1) is 0 Å². The highest BCUT2D eigenvalue weighted by molar-refractivity contribution is 5.57. The largest absolute Gasteiger partial charge is 0.419 e.